The maximum atomic E-state index is 12.6. The summed E-state index contributed by atoms with van der Waals surface area (Å²) in [7, 11) is 0. The van der Waals surface area contributed by atoms with Crippen molar-refractivity contribution in [2.75, 3.05) is 10.6 Å². The zero-order valence-corrected chi connectivity index (χ0v) is 15.2. The van der Waals surface area contributed by atoms with Gasteiger partial charge in [-0.1, -0.05) is 45.9 Å². The van der Waals surface area contributed by atoms with Crippen LogP contribution in [0.3, 0.4) is 0 Å². The molecule has 0 aliphatic rings. The molecule has 0 bridgehead atoms. The summed E-state index contributed by atoms with van der Waals surface area (Å²) in [5, 5.41) is 6.36. The van der Waals surface area contributed by atoms with Crippen molar-refractivity contribution in [3.63, 3.8) is 0 Å². The zero-order chi connectivity index (χ0) is 17.7. The third-order valence-electron chi connectivity index (χ3n) is 4.01. The highest BCUT2D eigenvalue weighted by atomic mass is 16.1. The van der Waals surface area contributed by atoms with Gasteiger partial charge in [0, 0.05) is 24.1 Å². The van der Waals surface area contributed by atoms with Crippen LogP contribution in [-0.2, 0) is 5.41 Å². The van der Waals surface area contributed by atoms with E-state index in [2.05, 4.69) is 56.3 Å². The van der Waals surface area contributed by atoms with E-state index in [1.54, 1.807) is 12.4 Å². The number of aromatic nitrogens is 1. The summed E-state index contributed by atoms with van der Waals surface area (Å²) < 4.78 is 0. The molecule has 2 aromatic rings. The van der Waals surface area contributed by atoms with Crippen molar-refractivity contribution < 1.29 is 4.79 Å². The Kier molecular flexibility index (Phi) is 5.60. The first-order valence-electron chi connectivity index (χ1n) is 8.43. The van der Waals surface area contributed by atoms with E-state index >= 15 is 0 Å². The van der Waals surface area contributed by atoms with Crippen molar-refractivity contribution in [2.24, 2.45) is 0 Å². The normalized spacial score (nSPS) is 12.5. The van der Waals surface area contributed by atoms with Crippen LogP contribution in [0.4, 0.5) is 11.4 Å². The molecule has 1 unspecified atom stereocenters. The number of carbonyl (C=O) groups excluding carboxylic acids is 1. The highest BCUT2D eigenvalue weighted by molar-refractivity contribution is 6.05. The molecule has 0 aliphatic carbocycles. The molecule has 0 radical (unpaired) electrons. The molecule has 0 saturated heterocycles. The van der Waals surface area contributed by atoms with Crippen LogP contribution >= 0.6 is 0 Å². The second-order valence-electron chi connectivity index (χ2n) is 7.17. The Morgan fingerprint density at radius 3 is 2.58 bits per heavy atom. The molecular formula is C20H27N3O. The van der Waals surface area contributed by atoms with Gasteiger partial charge in [-0.3, -0.25) is 9.78 Å². The van der Waals surface area contributed by atoms with E-state index in [9.17, 15) is 4.79 Å². The molecule has 1 atom stereocenters. The predicted molar refractivity (Wildman–Crippen MR) is 101 cm³/mol. The second kappa shape index (κ2) is 7.47. The monoisotopic (exact) mass is 325 g/mol. The van der Waals surface area contributed by atoms with Crippen LogP contribution in [0, 0.1) is 0 Å². The highest BCUT2D eigenvalue weighted by Gasteiger charge is 2.19. The third-order valence-corrected chi connectivity index (χ3v) is 4.01. The largest absolute Gasteiger partial charge is 0.381 e. The van der Waals surface area contributed by atoms with Gasteiger partial charge in [0.05, 0.1) is 11.3 Å². The summed E-state index contributed by atoms with van der Waals surface area (Å²) in [6.45, 7) is 10.6. The number of benzene rings is 1. The number of hydrogen-bond donors (Lipinski definition) is 2. The van der Waals surface area contributed by atoms with Crippen LogP contribution < -0.4 is 10.6 Å². The lowest BCUT2D eigenvalue weighted by molar-refractivity contribution is 0.102. The number of nitrogens with one attached hydrogen (secondary N) is 2. The van der Waals surface area contributed by atoms with E-state index in [-0.39, 0.29) is 11.3 Å². The van der Waals surface area contributed by atoms with Crippen LogP contribution in [0.25, 0.3) is 0 Å². The average Bonchev–Trinajstić information content (AvgIpc) is 2.54. The summed E-state index contributed by atoms with van der Waals surface area (Å²) in [5.74, 6) is -0.146. The zero-order valence-electron chi connectivity index (χ0n) is 15.2. The fourth-order valence-corrected chi connectivity index (χ4v) is 2.47. The SMILES string of the molecule is CCC(C)Nc1cncc(C(=O)Nc2ccccc2C(C)(C)C)c1. The Morgan fingerprint density at radius 2 is 1.92 bits per heavy atom. The Balaban J connectivity index is 2.21. The van der Waals surface area contributed by atoms with E-state index in [1.165, 1.54) is 0 Å². The van der Waals surface area contributed by atoms with E-state index in [4.69, 9.17) is 0 Å². The van der Waals surface area contributed by atoms with Crippen molar-refractivity contribution in [1.82, 2.24) is 4.98 Å². The number of para-hydroxylation sites is 1. The molecule has 4 heteroatoms. The number of carbonyl (C=O) groups is 1. The van der Waals surface area contributed by atoms with Gasteiger partial charge >= 0.3 is 0 Å². The maximum absolute atomic E-state index is 12.6. The summed E-state index contributed by atoms with van der Waals surface area (Å²) >= 11 is 0. The van der Waals surface area contributed by atoms with Crippen molar-refractivity contribution in [3.05, 3.63) is 53.9 Å². The second-order valence-corrected chi connectivity index (χ2v) is 7.17. The van der Waals surface area contributed by atoms with Gasteiger partial charge in [-0.25, -0.2) is 0 Å². The number of pyridine rings is 1. The van der Waals surface area contributed by atoms with Gasteiger partial charge in [0.1, 0.15) is 0 Å². The first-order chi connectivity index (χ1) is 11.3. The predicted octanol–water partition coefficient (Wildman–Crippen LogP) is 4.84. The quantitative estimate of drug-likeness (QED) is 0.827. The van der Waals surface area contributed by atoms with Gasteiger partial charge in [0.2, 0.25) is 0 Å². The third kappa shape index (κ3) is 4.57. The molecule has 2 N–H and O–H groups in total. The van der Waals surface area contributed by atoms with Crippen molar-refractivity contribution in [2.45, 2.75) is 52.5 Å². The first-order valence-corrected chi connectivity index (χ1v) is 8.43. The number of nitrogens with zero attached hydrogens (tertiary/aromatic N) is 1. The molecule has 2 rings (SSSR count). The van der Waals surface area contributed by atoms with E-state index in [0.717, 1.165) is 23.4 Å². The van der Waals surface area contributed by atoms with Gasteiger partial charge in [0.15, 0.2) is 0 Å². The van der Waals surface area contributed by atoms with E-state index < -0.39 is 0 Å². The minimum Gasteiger partial charge on any atom is -0.381 e. The molecule has 1 heterocycles. The van der Waals surface area contributed by atoms with Crippen LogP contribution in [0.5, 0.6) is 0 Å². The molecule has 0 saturated carbocycles. The number of anilines is 2. The van der Waals surface area contributed by atoms with Gasteiger partial charge in [-0.15, -0.1) is 0 Å². The number of hydrogen-bond acceptors (Lipinski definition) is 3. The first kappa shape index (κ1) is 18.0. The minimum absolute atomic E-state index is 0.0396. The Morgan fingerprint density at radius 1 is 1.21 bits per heavy atom. The molecular weight excluding hydrogens is 298 g/mol. The lowest BCUT2D eigenvalue weighted by Crippen LogP contribution is -2.19. The Labute approximate surface area is 144 Å². The molecule has 1 aromatic carbocycles. The molecule has 4 nitrogen and oxygen atoms in total. The molecule has 24 heavy (non-hydrogen) atoms. The Hall–Kier alpha value is -2.36. The summed E-state index contributed by atoms with van der Waals surface area (Å²) in [6, 6.07) is 10.1. The Bertz CT molecular complexity index is 704. The van der Waals surface area contributed by atoms with Gasteiger partial charge in [-0.05, 0) is 36.5 Å². The number of rotatable bonds is 5. The van der Waals surface area contributed by atoms with Crippen molar-refractivity contribution in [1.29, 1.82) is 0 Å². The van der Waals surface area contributed by atoms with Crippen LogP contribution in [0.1, 0.15) is 57.0 Å². The molecule has 1 amide bonds. The maximum Gasteiger partial charge on any atom is 0.257 e. The molecule has 128 valence electrons. The summed E-state index contributed by atoms with van der Waals surface area (Å²) in [6.07, 6.45) is 4.35. The van der Waals surface area contributed by atoms with Crippen molar-refractivity contribution in [3.8, 4) is 0 Å². The molecule has 0 spiro atoms. The van der Waals surface area contributed by atoms with Gasteiger partial charge in [-0.2, -0.15) is 0 Å². The van der Waals surface area contributed by atoms with E-state index in [0.29, 0.717) is 11.6 Å². The van der Waals surface area contributed by atoms with Gasteiger partial charge < -0.3 is 10.6 Å². The lowest BCUT2D eigenvalue weighted by atomic mass is 9.86. The summed E-state index contributed by atoms with van der Waals surface area (Å²) in [4.78, 5) is 16.8. The highest BCUT2D eigenvalue weighted by Crippen LogP contribution is 2.29. The lowest BCUT2D eigenvalue weighted by Gasteiger charge is -2.23. The smallest absolute Gasteiger partial charge is 0.257 e. The average molecular weight is 325 g/mol. The molecule has 1 aromatic heterocycles. The fourth-order valence-electron chi connectivity index (χ4n) is 2.47. The summed E-state index contributed by atoms with van der Waals surface area (Å²) in [5.41, 5.74) is 3.32. The van der Waals surface area contributed by atoms with Crippen LogP contribution in [0.2, 0.25) is 0 Å². The minimum atomic E-state index is -0.146. The number of amides is 1. The fraction of sp³-hybridized carbons (Fsp3) is 0.400. The van der Waals surface area contributed by atoms with Gasteiger partial charge in [0.25, 0.3) is 5.91 Å². The van der Waals surface area contributed by atoms with Crippen molar-refractivity contribution >= 4 is 17.3 Å². The van der Waals surface area contributed by atoms with E-state index in [1.807, 2.05) is 24.3 Å². The molecule has 0 aliphatic heterocycles. The molecule has 0 fully saturated rings. The topological polar surface area (TPSA) is 54.0 Å². The standard InChI is InChI=1S/C20H27N3O/c1-6-14(2)22-16-11-15(12-21-13-16)19(24)23-18-10-8-7-9-17(18)20(3,4)5/h7-14,22H,6H2,1-5H3,(H,23,24). The van der Waals surface area contributed by atoms with Crippen LogP contribution in [0.15, 0.2) is 42.7 Å². The van der Waals surface area contributed by atoms with Crippen LogP contribution in [-0.4, -0.2) is 16.9 Å².